The van der Waals surface area contributed by atoms with Gasteiger partial charge < -0.3 is 10.1 Å². The number of nitro groups is 1. The molecule has 2 rings (SSSR count). The van der Waals surface area contributed by atoms with Gasteiger partial charge in [-0.05, 0) is 24.3 Å². The van der Waals surface area contributed by atoms with Gasteiger partial charge in [-0.15, -0.1) is 0 Å². The number of nitro benzene ring substituents is 1. The van der Waals surface area contributed by atoms with Crippen LogP contribution < -0.4 is 10.1 Å². The highest BCUT2D eigenvalue weighted by molar-refractivity contribution is 6.32. The van der Waals surface area contributed by atoms with Crippen molar-refractivity contribution in [1.29, 1.82) is 0 Å². The predicted octanol–water partition coefficient (Wildman–Crippen LogP) is 3.65. The largest absolute Gasteiger partial charge is 0.495 e. The maximum Gasteiger partial charge on any atom is 0.282 e. The fourth-order valence-corrected chi connectivity index (χ4v) is 1.98. The van der Waals surface area contributed by atoms with Crippen molar-refractivity contribution in [2.24, 2.45) is 0 Å². The molecule has 0 saturated heterocycles. The van der Waals surface area contributed by atoms with E-state index in [0.717, 1.165) is 18.2 Å². The highest BCUT2D eigenvalue weighted by Gasteiger charge is 2.21. The van der Waals surface area contributed by atoms with Crippen LogP contribution in [0.3, 0.4) is 0 Å². The third-order valence-corrected chi connectivity index (χ3v) is 3.12. The topological polar surface area (TPSA) is 81.5 Å². The Morgan fingerprint density at radius 1 is 1.32 bits per heavy atom. The number of hydrogen-bond acceptors (Lipinski definition) is 4. The van der Waals surface area contributed by atoms with Gasteiger partial charge in [0.25, 0.3) is 11.6 Å². The number of carbonyl (C=O) groups is 1. The molecule has 0 unspecified atom stereocenters. The van der Waals surface area contributed by atoms with Crippen LogP contribution in [0.1, 0.15) is 10.4 Å². The average Bonchev–Trinajstić information content (AvgIpc) is 2.48. The van der Waals surface area contributed by atoms with E-state index in [9.17, 15) is 19.3 Å². The van der Waals surface area contributed by atoms with Crippen LogP contribution in [-0.4, -0.2) is 17.9 Å². The molecule has 0 saturated carbocycles. The van der Waals surface area contributed by atoms with Crippen LogP contribution in [0, 0.1) is 15.9 Å². The molecule has 8 heteroatoms. The van der Waals surface area contributed by atoms with Crippen LogP contribution in [0.5, 0.6) is 5.75 Å². The number of anilines is 1. The second-order valence-electron chi connectivity index (χ2n) is 4.22. The van der Waals surface area contributed by atoms with Gasteiger partial charge in [0, 0.05) is 17.8 Å². The molecule has 0 aliphatic carbocycles. The van der Waals surface area contributed by atoms with Crippen LogP contribution in [-0.2, 0) is 0 Å². The van der Waals surface area contributed by atoms with Crippen molar-refractivity contribution in [3.05, 3.63) is 62.9 Å². The van der Waals surface area contributed by atoms with Gasteiger partial charge >= 0.3 is 0 Å². The molecule has 1 amide bonds. The summed E-state index contributed by atoms with van der Waals surface area (Å²) in [7, 11) is 1.41. The van der Waals surface area contributed by atoms with Crippen molar-refractivity contribution in [3.63, 3.8) is 0 Å². The molecule has 2 aromatic carbocycles. The summed E-state index contributed by atoms with van der Waals surface area (Å²) in [5.74, 6) is -1.23. The van der Waals surface area contributed by atoms with E-state index in [1.807, 2.05) is 0 Å². The number of methoxy groups -OCH3 is 1. The average molecular weight is 325 g/mol. The van der Waals surface area contributed by atoms with Crippen molar-refractivity contribution in [2.75, 3.05) is 12.4 Å². The summed E-state index contributed by atoms with van der Waals surface area (Å²) in [4.78, 5) is 22.3. The zero-order valence-corrected chi connectivity index (χ0v) is 12.1. The number of nitrogens with zero attached hydrogens (tertiary/aromatic N) is 1. The minimum Gasteiger partial charge on any atom is -0.495 e. The number of halogens is 2. The van der Waals surface area contributed by atoms with Gasteiger partial charge in [-0.2, -0.15) is 0 Å². The van der Waals surface area contributed by atoms with E-state index in [0.29, 0.717) is 16.5 Å². The Labute approximate surface area is 129 Å². The molecule has 0 atom stereocenters. The SMILES string of the molecule is COc1cc(NC(=O)c2cc(F)ccc2[N+](=O)[O-])ccc1Cl. The third kappa shape index (κ3) is 3.32. The predicted molar refractivity (Wildman–Crippen MR) is 79.0 cm³/mol. The lowest BCUT2D eigenvalue weighted by Crippen LogP contribution is -2.14. The molecule has 0 aliphatic rings. The Kier molecular flexibility index (Phi) is 4.57. The van der Waals surface area contributed by atoms with Gasteiger partial charge in [-0.3, -0.25) is 14.9 Å². The third-order valence-electron chi connectivity index (χ3n) is 2.81. The lowest BCUT2D eigenvalue weighted by Gasteiger charge is -2.08. The molecular formula is C14H10ClFN2O4. The van der Waals surface area contributed by atoms with E-state index in [4.69, 9.17) is 16.3 Å². The Morgan fingerprint density at radius 3 is 2.68 bits per heavy atom. The van der Waals surface area contributed by atoms with Crippen LogP contribution >= 0.6 is 11.6 Å². The first-order valence-corrected chi connectivity index (χ1v) is 6.39. The molecule has 0 aromatic heterocycles. The monoisotopic (exact) mass is 324 g/mol. The Balaban J connectivity index is 2.33. The highest BCUT2D eigenvalue weighted by Crippen LogP contribution is 2.28. The fraction of sp³-hybridized carbons (Fsp3) is 0.0714. The van der Waals surface area contributed by atoms with Crippen LogP contribution in [0.4, 0.5) is 15.8 Å². The number of ether oxygens (including phenoxy) is 1. The molecule has 0 radical (unpaired) electrons. The van der Waals surface area contributed by atoms with E-state index in [-0.39, 0.29) is 5.56 Å². The molecular weight excluding hydrogens is 315 g/mol. The number of nitrogens with one attached hydrogen (secondary N) is 1. The van der Waals surface area contributed by atoms with Gasteiger partial charge in [-0.25, -0.2) is 4.39 Å². The van der Waals surface area contributed by atoms with E-state index in [1.54, 1.807) is 0 Å². The number of hydrogen-bond donors (Lipinski definition) is 1. The van der Waals surface area contributed by atoms with Crippen molar-refractivity contribution in [1.82, 2.24) is 0 Å². The van der Waals surface area contributed by atoms with Crippen LogP contribution in [0.15, 0.2) is 36.4 Å². The molecule has 0 fully saturated rings. The molecule has 0 bridgehead atoms. The van der Waals surface area contributed by atoms with Crippen molar-refractivity contribution < 1.29 is 18.8 Å². The number of benzene rings is 2. The summed E-state index contributed by atoms with van der Waals surface area (Å²) >= 11 is 5.86. The maximum atomic E-state index is 13.2. The minimum absolute atomic E-state index is 0.310. The number of rotatable bonds is 4. The Hall–Kier alpha value is -2.67. The summed E-state index contributed by atoms with van der Waals surface area (Å²) in [6.07, 6.45) is 0. The van der Waals surface area contributed by atoms with Crippen molar-refractivity contribution in [2.45, 2.75) is 0 Å². The van der Waals surface area contributed by atoms with Crippen molar-refractivity contribution >= 4 is 28.9 Å². The van der Waals surface area contributed by atoms with E-state index in [2.05, 4.69) is 5.32 Å². The van der Waals surface area contributed by atoms with Crippen molar-refractivity contribution in [3.8, 4) is 5.75 Å². The molecule has 6 nitrogen and oxygen atoms in total. The lowest BCUT2D eigenvalue weighted by molar-refractivity contribution is -0.385. The van der Waals surface area contributed by atoms with Gasteiger partial charge in [0.05, 0.1) is 17.1 Å². The van der Waals surface area contributed by atoms with E-state index >= 15 is 0 Å². The normalized spacial score (nSPS) is 10.1. The summed E-state index contributed by atoms with van der Waals surface area (Å²) in [6, 6.07) is 7.10. The van der Waals surface area contributed by atoms with Crippen LogP contribution in [0.25, 0.3) is 0 Å². The van der Waals surface area contributed by atoms with Gasteiger partial charge in [-0.1, -0.05) is 11.6 Å². The molecule has 1 N–H and O–H groups in total. The standard InChI is InChI=1S/C14H10ClFN2O4/c1-22-13-7-9(3-4-11(13)15)17-14(19)10-6-8(16)2-5-12(10)18(20)21/h2-7H,1H3,(H,17,19). The van der Waals surface area contributed by atoms with Gasteiger partial charge in [0.1, 0.15) is 17.1 Å². The maximum absolute atomic E-state index is 13.2. The molecule has 114 valence electrons. The first kappa shape index (κ1) is 15.7. The Morgan fingerprint density at radius 2 is 2.05 bits per heavy atom. The van der Waals surface area contributed by atoms with Gasteiger partial charge in [0.2, 0.25) is 0 Å². The zero-order chi connectivity index (χ0) is 16.3. The second-order valence-corrected chi connectivity index (χ2v) is 4.63. The second kappa shape index (κ2) is 6.40. The summed E-state index contributed by atoms with van der Waals surface area (Å²) < 4.78 is 18.2. The first-order chi connectivity index (χ1) is 10.4. The molecule has 22 heavy (non-hydrogen) atoms. The summed E-state index contributed by atoms with van der Waals surface area (Å²) in [6.45, 7) is 0. The lowest BCUT2D eigenvalue weighted by atomic mass is 10.1. The highest BCUT2D eigenvalue weighted by atomic mass is 35.5. The fourth-order valence-electron chi connectivity index (χ4n) is 1.79. The summed E-state index contributed by atoms with van der Waals surface area (Å²) in [5, 5.41) is 13.7. The Bertz CT molecular complexity index is 752. The van der Waals surface area contributed by atoms with Gasteiger partial charge in [0.15, 0.2) is 0 Å². The molecule has 0 spiro atoms. The number of amides is 1. The molecule has 0 heterocycles. The minimum atomic E-state index is -0.810. The zero-order valence-electron chi connectivity index (χ0n) is 11.3. The van der Waals surface area contributed by atoms with Crippen LogP contribution in [0.2, 0.25) is 5.02 Å². The summed E-state index contributed by atoms with van der Waals surface area (Å²) in [5.41, 5.74) is -0.552. The molecule has 0 aliphatic heterocycles. The number of carbonyl (C=O) groups excluding carboxylic acids is 1. The van der Waals surface area contributed by atoms with E-state index < -0.39 is 22.3 Å². The molecule has 2 aromatic rings. The smallest absolute Gasteiger partial charge is 0.282 e. The van der Waals surface area contributed by atoms with E-state index in [1.165, 1.54) is 25.3 Å². The first-order valence-electron chi connectivity index (χ1n) is 6.01. The quantitative estimate of drug-likeness (QED) is 0.687.